The van der Waals surface area contributed by atoms with Gasteiger partial charge in [-0.05, 0) is 36.4 Å². The Hall–Kier alpha value is -3.33. The summed E-state index contributed by atoms with van der Waals surface area (Å²) in [4.78, 5) is 12.7. The van der Waals surface area contributed by atoms with Gasteiger partial charge >= 0.3 is 6.18 Å². The van der Waals surface area contributed by atoms with Gasteiger partial charge in [-0.1, -0.05) is 31.1 Å². The minimum absolute atomic E-state index is 0.0196. The van der Waals surface area contributed by atoms with Crippen molar-refractivity contribution in [2.45, 2.75) is 32.6 Å². The lowest BCUT2D eigenvalue weighted by atomic mass is 10.0. The van der Waals surface area contributed by atoms with Gasteiger partial charge in [-0.3, -0.25) is 4.79 Å². The molecule has 6 nitrogen and oxygen atoms in total. The molecule has 0 saturated carbocycles. The van der Waals surface area contributed by atoms with Crippen LogP contribution in [0.1, 0.15) is 35.5 Å². The fraction of sp³-hybridized carbons (Fsp3) is 0.238. The van der Waals surface area contributed by atoms with Crippen molar-refractivity contribution in [3.8, 4) is 17.1 Å². The molecule has 0 spiro atoms. The van der Waals surface area contributed by atoms with Gasteiger partial charge in [0.25, 0.3) is 5.91 Å². The number of rotatable bonds is 6. The molecule has 1 aromatic heterocycles. The van der Waals surface area contributed by atoms with Gasteiger partial charge in [0, 0.05) is 29.4 Å². The topological polar surface area (TPSA) is 87.4 Å². The number of hydrogen-bond acceptors (Lipinski definition) is 5. The van der Waals surface area contributed by atoms with Gasteiger partial charge in [0.15, 0.2) is 11.5 Å². The fourth-order valence-electron chi connectivity index (χ4n) is 2.73. The Morgan fingerprint density at radius 1 is 1.10 bits per heavy atom. The maximum atomic E-state index is 12.8. The second kappa shape index (κ2) is 8.58. The van der Waals surface area contributed by atoms with Crippen molar-refractivity contribution in [3.05, 3.63) is 65.4 Å². The van der Waals surface area contributed by atoms with Gasteiger partial charge in [0.1, 0.15) is 5.75 Å². The van der Waals surface area contributed by atoms with E-state index in [0.717, 1.165) is 12.1 Å². The summed E-state index contributed by atoms with van der Waals surface area (Å²) in [6.07, 6.45) is -4.45. The normalized spacial score (nSPS) is 11.7. The Kier molecular flexibility index (Phi) is 6.12. The Morgan fingerprint density at radius 3 is 2.30 bits per heavy atom. The summed E-state index contributed by atoms with van der Waals surface area (Å²) >= 11 is 0. The molecule has 158 valence electrons. The predicted molar refractivity (Wildman–Crippen MR) is 105 cm³/mol. The van der Waals surface area contributed by atoms with E-state index in [2.05, 4.69) is 15.8 Å². The van der Waals surface area contributed by atoms with E-state index in [-0.39, 0.29) is 29.8 Å². The summed E-state index contributed by atoms with van der Waals surface area (Å²) in [7, 11) is 0. The van der Waals surface area contributed by atoms with Crippen LogP contribution in [0.4, 0.5) is 18.9 Å². The van der Waals surface area contributed by atoms with E-state index in [4.69, 9.17) is 4.52 Å². The number of nitrogens with zero attached hydrogens (tertiary/aromatic N) is 1. The van der Waals surface area contributed by atoms with Crippen molar-refractivity contribution < 1.29 is 27.6 Å². The number of phenols is 1. The van der Waals surface area contributed by atoms with E-state index in [1.54, 1.807) is 0 Å². The van der Waals surface area contributed by atoms with Crippen LogP contribution in [0, 0.1) is 0 Å². The molecule has 1 heterocycles. The lowest BCUT2D eigenvalue weighted by Gasteiger charge is -2.10. The van der Waals surface area contributed by atoms with Crippen molar-refractivity contribution in [1.29, 1.82) is 0 Å². The van der Waals surface area contributed by atoms with Crippen LogP contribution in [0.3, 0.4) is 0 Å². The number of aromatic nitrogens is 1. The maximum absolute atomic E-state index is 12.8. The molecule has 0 atom stereocenters. The number of benzene rings is 2. The van der Waals surface area contributed by atoms with Crippen molar-refractivity contribution >= 4 is 11.6 Å². The van der Waals surface area contributed by atoms with Crippen LogP contribution in [0.15, 0.2) is 53.1 Å². The van der Waals surface area contributed by atoms with Gasteiger partial charge < -0.3 is 20.3 Å². The largest absolute Gasteiger partial charge is 0.508 e. The van der Waals surface area contributed by atoms with E-state index < -0.39 is 17.6 Å². The fourth-order valence-corrected chi connectivity index (χ4v) is 2.73. The van der Waals surface area contributed by atoms with Gasteiger partial charge in [0.2, 0.25) is 0 Å². The quantitative estimate of drug-likeness (QED) is 0.499. The maximum Gasteiger partial charge on any atom is 0.416 e. The first-order chi connectivity index (χ1) is 14.1. The average molecular weight is 419 g/mol. The Morgan fingerprint density at radius 2 is 1.73 bits per heavy atom. The number of anilines is 1. The summed E-state index contributed by atoms with van der Waals surface area (Å²) in [6.45, 7) is 4.07. The van der Waals surface area contributed by atoms with Gasteiger partial charge in [-0.25, -0.2) is 0 Å². The number of amides is 1. The summed E-state index contributed by atoms with van der Waals surface area (Å²) in [5.74, 6) is -0.267. The first kappa shape index (κ1) is 21.4. The molecule has 0 saturated heterocycles. The average Bonchev–Trinajstić information content (AvgIpc) is 3.11. The molecule has 3 N–H and O–H groups in total. The number of nitrogens with one attached hydrogen (secondary N) is 2. The molecule has 0 radical (unpaired) electrons. The molecule has 30 heavy (non-hydrogen) atoms. The predicted octanol–water partition coefficient (Wildman–Crippen LogP) is 4.82. The minimum Gasteiger partial charge on any atom is -0.508 e. The molecule has 3 aromatic rings. The van der Waals surface area contributed by atoms with Crippen LogP contribution in [0.2, 0.25) is 0 Å². The van der Waals surface area contributed by atoms with Crippen LogP contribution < -0.4 is 10.6 Å². The highest BCUT2D eigenvalue weighted by Crippen LogP contribution is 2.33. The number of carbonyl (C=O) groups is 1. The van der Waals surface area contributed by atoms with Crippen molar-refractivity contribution in [1.82, 2.24) is 10.5 Å². The van der Waals surface area contributed by atoms with E-state index in [9.17, 15) is 23.1 Å². The lowest BCUT2D eigenvalue weighted by molar-refractivity contribution is -0.137. The number of hydrogen-bond donors (Lipinski definition) is 3. The Balaban J connectivity index is 1.93. The molecule has 9 heteroatoms. The number of aromatic hydroxyl groups is 1. The summed E-state index contributed by atoms with van der Waals surface area (Å²) in [5.41, 5.74) is 0.489. The molecule has 0 fully saturated rings. The Labute approximate surface area is 170 Å². The highest BCUT2D eigenvalue weighted by molar-refractivity contribution is 6.04. The third kappa shape index (κ3) is 4.98. The third-order valence-electron chi connectivity index (χ3n) is 4.29. The van der Waals surface area contributed by atoms with Crippen LogP contribution in [-0.4, -0.2) is 22.2 Å². The van der Waals surface area contributed by atoms with Crippen LogP contribution in [-0.2, 0) is 12.7 Å². The number of alkyl halides is 3. The monoisotopic (exact) mass is 419 g/mol. The van der Waals surface area contributed by atoms with Gasteiger partial charge in [-0.15, -0.1) is 0 Å². The van der Waals surface area contributed by atoms with Crippen molar-refractivity contribution in [2.24, 2.45) is 0 Å². The van der Waals surface area contributed by atoms with Crippen molar-refractivity contribution in [2.75, 3.05) is 5.32 Å². The first-order valence-electron chi connectivity index (χ1n) is 9.15. The highest BCUT2D eigenvalue weighted by Gasteiger charge is 2.30. The minimum atomic E-state index is -4.45. The standard InChI is InChI=1S/C21H20F3N3O3/c1-12(2)25-11-17-18(20(29)26-15-7-9-16(28)10-8-15)27-30-19(17)13-3-5-14(6-4-13)21(22,23)24/h3-10,12,25,28H,11H2,1-2H3,(H,26,29). The molecule has 3 rings (SSSR count). The van der Waals surface area contributed by atoms with E-state index in [0.29, 0.717) is 16.8 Å². The number of phenolic OH excluding ortho intramolecular Hbond substituents is 1. The summed E-state index contributed by atoms with van der Waals surface area (Å²) in [5, 5.41) is 19.0. The lowest BCUT2D eigenvalue weighted by Crippen LogP contribution is -2.24. The molecule has 1 amide bonds. The Bertz CT molecular complexity index is 1010. The van der Waals surface area contributed by atoms with E-state index in [1.165, 1.54) is 36.4 Å². The van der Waals surface area contributed by atoms with E-state index in [1.807, 2.05) is 13.8 Å². The van der Waals surface area contributed by atoms with Gasteiger partial charge in [0.05, 0.1) is 5.56 Å². The molecular weight excluding hydrogens is 399 g/mol. The first-order valence-corrected chi connectivity index (χ1v) is 9.15. The third-order valence-corrected chi connectivity index (χ3v) is 4.29. The molecule has 0 aliphatic heterocycles. The SMILES string of the molecule is CC(C)NCc1c(C(=O)Nc2ccc(O)cc2)noc1-c1ccc(C(F)(F)F)cc1. The smallest absolute Gasteiger partial charge is 0.416 e. The zero-order valence-corrected chi connectivity index (χ0v) is 16.2. The molecule has 2 aromatic carbocycles. The van der Waals surface area contributed by atoms with Gasteiger partial charge in [-0.2, -0.15) is 13.2 Å². The number of halogens is 3. The zero-order chi connectivity index (χ0) is 21.9. The molecule has 0 aliphatic rings. The molecular formula is C21H20F3N3O3. The highest BCUT2D eigenvalue weighted by atomic mass is 19.4. The molecule has 0 unspecified atom stereocenters. The second-order valence-corrected chi connectivity index (χ2v) is 6.95. The zero-order valence-electron chi connectivity index (χ0n) is 16.2. The van der Waals surface area contributed by atoms with Crippen LogP contribution >= 0.6 is 0 Å². The summed E-state index contributed by atoms with van der Waals surface area (Å²) < 4.78 is 43.9. The van der Waals surface area contributed by atoms with Crippen molar-refractivity contribution in [3.63, 3.8) is 0 Å². The molecule has 0 aliphatic carbocycles. The summed E-state index contributed by atoms with van der Waals surface area (Å²) in [6, 6.07) is 10.5. The van der Waals surface area contributed by atoms with Crippen LogP contribution in [0.5, 0.6) is 5.75 Å². The van der Waals surface area contributed by atoms with Crippen LogP contribution in [0.25, 0.3) is 11.3 Å². The molecule has 0 bridgehead atoms. The van der Waals surface area contributed by atoms with E-state index >= 15 is 0 Å². The number of carbonyl (C=O) groups excluding carboxylic acids is 1. The second-order valence-electron chi connectivity index (χ2n) is 6.95.